The van der Waals surface area contributed by atoms with E-state index in [2.05, 4.69) is 15.9 Å². The first-order chi connectivity index (χ1) is 10.6. The van der Waals surface area contributed by atoms with Crippen LogP contribution in [-0.2, 0) is 11.3 Å². The molecular weight excluding hydrogens is 349 g/mol. The van der Waals surface area contributed by atoms with Crippen molar-refractivity contribution in [2.75, 3.05) is 20.3 Å². The van der Waals surface area contributed by atoms with E-state index in [1.165, 1.54) is 6.07 Å². The van der Waals surface area contributed by atoms with Crippen LogP contribution >= 0.6 is 15.9 Å². The normalized spacial score (nSPS) is 10.5. The van der Waals surface area contributed by atoms with Crippen molar-refractivity contribution in [3.63, 3.8) is 0 Å². The molecule has 0 aromatic heterocycles. The zero-order chi connectivity index (χ0) is 15.9. The number of halogens is 2. The lowest BCUT2D eigenvalue weighted by Gasteiger charge is -2.22. The van der Waals surface area contributed by atoms with Crippen LogP contribution < -0.4 is 0 Å². The lowest BCUT2D eigenvalue weighted by Crippen LogP contribution is -2.33. The fourth-order valence-electron chi connectivity index (χ4n) is 2.07. The van der Waals surface area contributed by atoms with Gasteiger partial charge in [0.25, 0.3) is 5.91 Å². The van der Waals surface area contributed by atoms with Gasteiger partial charge in [0.1, 0.15) is 5.82 Å². The van der Waals surface area contributed by atoms with Crippen LogP contribution in [0.3, 0.4) is 0 Å². The van der Waals surface area contributed by atoms with Gasteiger partial charge in [-0.1, -0.05) is 30.3 Å². The molecule has 0 spiro atoms. The Labute approximate surface area is 137 Å². The summed E-state index contributed by atoms with van der Waals surface area (Å²) in [7, 11) is 1.59. The number of benzene rings is 2. The van der Waals surface area contributed by atoms with E-state index in [0.29, 0.717) is 29.7 Å². The lowest BCUT2D eigenvalue weighted by molar-refractivity contribution is 0.0680. The molecule has 3 nitrogen and oxygen atoms in total. The number of nitrogens with zero attached hydrogens (tertiary/aromatic N) is 1. The van der Waals surface area contributed by atoms with Crippen molar-refractivity contribution >= 4 is 21.8 Å². The van der Waals surface area contributed by atoms with Crippen LogP contribution in [-0.4, -0.2) is 31.1 Å². The summed E-state index contributed by atoms with van der Waals surface area (Å²) in [6.45, 7) is 1.33. The Balaban J connectivity index is 2.19. The van der Waals surface area contributed by atoms with Gasteiger partial charge in [-0.2, -0.15) is 0 Å². The Hall–Kier alpha value is -1.72. The molecule has 0 unspecified atom stereocenters. The van der Waals surface area contributed by atoms with Crippen molar-refractivity contribution in [3.8, 4) is 0 Å². The Bertz CT molecular complexity index is 634. The second-order valence-corrected chi connectivity index (χ2v) is 5.69. The largest absolute Gasteiger partial charge is 0.383 e. The van der Waals surface area contributed by atoms with E-state index in [0.717, 1.165) is 5.56 Å². The van der Waals surface area contributed by atoms with E-state index < -0.39 is 5.82 Å². The van der Waals surface area contributed by atoms with Crippen LogP contribution in [0.5, 0.6) is 0 Å². The molecule has 5 heteroatoms. The number of carbonyl (C=O) groups excluding carboxylic acids is 1. The van der Waals surface area contributed by atoms with Gasteiger partial charge in [-0.15, -0.1) is 0 Å². The highest BCUT2D eigenvalue weighted by molar-refractivity contribution is 9.10. The number of carbonyl (C=O) groups is 1. The Kier molecular flexibility index (Phi) is 6.10. The van der Waals surface area contributed by atoms with Crippen molar-refractivity contribution in [3.05, 3.63) is 69.9 Å². The maximum atomic E-state index is 13.6. The number of amides is 1. The molecule has 0 N–H and O–H groups in total. The minimum atomic E-state index is -0.447. The average Bonchev–Trinajstić information content (AvgIpc) is 2.54. The summed E-state index contributed by atoms with van der Waals surface area (Å²) in [5, 5.41) is 0. The standard InChI is InChI=1S/C17H17BrFNO2/c1-22-10-9-20(12-13-5-3-2-4-6-13)17(21)14-7-8-15(18)16(19)11-14/h2-8,11H,9-10,12H2,1H3. The van der Waals surface area contributed by atoms with Crippen molar-refractivity contribution in [2.45, 2.75) is 6.54 Å². The molecular formula is C17H17BrFNO2. The van der Waals surface area contributed by atoms with Gasteiger partial charge in [0.15, 0.2) is 0 Å². The molecule has 0 radical (unpaired) electrons. The van der Waals surface area contributed by atoms with E-state index in [1.54, 1.807) is 24.1 Å². The summed E-state index contributed by atoms with van der Waals surface area (Å²) < 4.78 is 19.0. The summed E-state index contributed by atoms with van der Waals surface area (Å²) in [5.74, 6) is -0.662. The molecule has 0 heterocycles. The summed E-state index contributed by atoms with van der Waals surface area (Å²) in [6.07, 6.45) is 0. The molecule has 0 atom stereocenters. The van der Waals surface area contributed by atoms with Crippen LogP contribution in [0.15, 0.2) is 53.0 Å². The number of ether oxygens (including phenoxy) is 1. The van der Waals surface area contributed by atoms with Crippen molar-refractivity contribution < 1.29 is 13.9 Å². The van der Waals surface area contributed by atoms with Crippen LogP contribution in [0, 0.1) is 5.82 Å². The molecule has 0 aliphatic rings. The molecule has 2 aromatic rings. The number of hydrogen-bond acceptors (Lipinski definition) is 2. The van der Waals surface area contributed by atoms with E-state index in [1.807, 2.05) is 30.3 Å². The topological polar surface area (TPSA) is 29.5 Å². The molecule has 2 aromatic carbocycles. The third kappa shape index (κ3) is 4.39. The van der Waals surface area contributed by atoms with Gasteiger partial charge in [-0.25, -0.2) is 4.39 Å². The SMILES string of the molecule is COCCN(Cc1ccccc1)C(=O)c1ccc(Br)c(F)c1. The van der Waals surface area contributed by atoms with Crippen LogP contribution in [0.2, 0.25) is 0 Å². The van der Waals surface area contributed by atoms with Crippen molar-refractivity contribution in [1.82, 2.24) is 4.90 Å². The summed E-state index contributed by atoms with van der Waals surface area (Å²) in [5.41, 5.74) is 1.34. The maximum absolute atomic E-state index is 13.6. The number of methoxy groups -OCH3 is 1. The van der Waals surface area contributed by atoms with Gasteiger partial charge in [-0.05, 0) is 39.7 Å². The second-order valence-electron chi connectivity index (χ2n) is 4.83. The van der Waals surface area contributed by atoms with Crippen LogP contribution in [0.25, 0.3) is 0 Å². The monoisotopic (exact) mass is 365 g/mol. The molecule has 0 saturated carbocycles. The molecule has 0 saturated heterocycles. The summed E-state index contributed by atoms with van der Waals surface area (Å²) >= 11 is 3.09. The Morgan fingerprint density at radius 2 is 1.95 bits per heavy atom. The van der Waals surface area contributed by atoms with Gasteiger partial charge < -0.3 is 9.64 Å². The molecule has 116 valence electrons. The predicted molar refractivity (Wildman–Crippen MR) is 87.2 cm³/mol. The van der Waals surface area contributed by atoms with Gasteiger partial charge in [-0.3, -0.25) is 4.79 Å². The smallest absolute Gasteiger partial charge is 0.254 e. The first-order valence-corrected chi connectivity index (χ1v) is 7.68. The van der Waals surface area contributed by atoms with Crippen LogP contribution in [0.4, 0.5) is 4.39 Å². The molecule has 1 amide bonds. The minimum Gasteiger partial charge on any atom is -0.383 e. The highest BCUT2D eigenvalue weighted by Crippen LogP contribution is 2.18. The molecule has 2 rings (SSSR count). The zero-order valence-corrected chi connectivity index (χ0v) is 13.8. The minimum absolute atomic E-state index is 0.215. The fraction of sp³-hybridized carbons (Fsp3) is 0.235. The quantitative estimate of drug-likeness (QED) is 0.777. The fourth-order valence-corrected chi connectivity index (χ4v) is 2.32. The van der Waals surface area contributed by atoms with Crippen molar-refractivity contribution in [2.24, 2.45) is 0 Å². The number of rotatable bonds is 6. The molecule has 22 heavy (non-hydrogen) atoms. The van der Waals surface area contributed by atoms with E-state index in [-0.39, 0.29) is 5.91 Å². The number of hydrogen-bond donors (Lipinski definition) is 0. The maximum Gasteiger partial charge on any atom is 0.254 e. The molecule has 0 aliphatic heterocycles. The average molecular weight is 366 g/mol. The van der Waals surface area contributed by atoms with Gasteiger partial charge in [0.05, 0.1) is 11.1 Å². The Morgan fingerprint density at radius 1 is 1.23 bits per heavy atom. The van der Waals surface area contributed by atoms with E-state index >= 15 is 0 Å². The van der Waals surface area contributed by atoms with Gasteiger partial charge >= 0.3 is 0 Å². The van der Waals surface area contributed by atoms with Gasteiger partial charge in [0.2, 0.25) is 0 Å². The first kappa shape index (κ1) is 16.6. The molecule has 0 bridgehead atoms. The van der Waals surface area contributed by atoms with Crippen molar-refractivity contribution in [1.29, 1.82) is 0 Å². The molecule has 0 fully saturated rings. The predicted octanol–water partition coefficient (Wildman–Crippen LogP) is 3.88. The van der Waals surface area contributed by atoms with E-state index in [4.69, 9.17) is 4.74 Å². The van der Waals surface area contributed by atoms with Crippen LogP contribution in [0.1, 0.15) is 15.9 Å². The van der Waals surface area contributed by atoms with Gasteiger partial charge in [0, 0.05) is 25.8 Å². The molecule has 0 aliphatic carbocycles. The third-order valence-electron chi connectivity index (χ3n) is 3.24. The third-order valence-corrected chi connectivity index (χ3v) is 3.88. The Morgan fingerprint density at radius 3 is 2.59 bits per heavy atom. The van der Waals surface area contributed by atoms with E-state index in [9.17, 15) is 9.18 Å². The summed E-state index contributed by atoms with van der Waals surface area (Å²) in [6, 6.07) is 14.1. The zero-order valence-electron chi connectivity index (χ0n) is 12.3. The summed E-state index contributed by atoms with van der Waals surface area (Å²) in [4.78, 5) is 14.3. The highest BCUT2D eigenvalue weighted by atomic mass is 79.9. The second kappa shape index (κ2) is 8.06. The first-order valence-electron chi connectivity index (χ1n) is 6.89. The lowest BCUT2D eigenvalue weighted by atomic mass is 10.1. The highest BCUT2D eigenvalue weighted by Gasteiger charge is 2.17.